The van der Waals surface area contributed by atoms with Crippen molar-refractivity contribution in [1.82, 2.24) is 0 Å². The molecule has 0 saturated heterocycles. The van der Waals surface area contributed by atoms with E-state index in [-0.39, 0.29) is 0 Å². The van der Waals surface area contributed by atoms with E-state index in [0.29, 0.717) is 5.41 Å². The van der Waals surface area contributed by atoms with Crippen LogP contribution in [0.5, 0.6) is 0 Å². The molecule has 4 bridgehead atoms. The first-order valence-corrected chi connectivity index (χ1v) is 5.84. The summed E-state index contributed by atoms with van der Waals surface area (Å²) >= 11 is 0. The molecule has 0 aromatic carbocycles. The van der Waals surface area contributed by atoms with Crippen molar-refractivity contribution in [2.24, 2.45) is 23.2 Å². The number of hydrogen-bond donors (Lipinski definition) is 0. The Morgan fingerprint density at radius 2 is 1.38 bits per heavy atom. The van der Waals surface area contributed by atoms with E-state index >= 15 is 0 Å². The van der Waals surface area contributed by atoms with E-state index in [0.717, 1.165) is 17.8 Å². The van der Waals surface area contributed by atoms with Gasteiger partial charge in [-0.15, -0.1) is 0 Å². The highest BCUT2D eigenvalue weighted by Crippen LogP contribution is 2.62. The quantitative estimate of drug-likeness (QED) is 0.533. The molecule has 4 aliphatic carbocycles. The summed E-state index contributed by atoms with van der Waals surface area (Å²) in [7, 11) is 0. The molecular weight excluding hydrogens is 156 g/mol. The van der Waals surface area contributed by atoms with E-state index in [9.17, 15) is 0 Å². The molecule has 0 nitrogen and oxygen atoms in total. The van der Waals surface area contributed by atoms with Crippen LogP contribution in [0.4, 0.5) is 0 Å². The maximum absolute atomic E-state index is 4.25. The van der Waals surface area contributed by atoms with Crippen molar-refractivity contribution >= 4 is 0 Å². The van der Waals surface area contributed by atoms with Gasteiger partial charge in [0.15, 0.2) is 0 Å². The summed E-state index contributed by atoms with van der Waals surface area (Å²) in [5.74, 6) is 3.22. The largest absolute Gasteiger partial charge is 0.0996 e. The molecule has 0 unspecified atom stereocenters. The predicted molar refractivity (Wildman–Crippen MR) is 55.4 cm³/mol. The Balaban J connectivity index is 1.95. The molecule has 72 valence electrons. The molecule has 0 aromatic rings. The minimum atomic E-state index is 0.606. The lowest BCUT2D eigenvalue weighted by atomic mass is 9.48. The summed E-state index contributed by atoms with van der Waals surface area (Å²) in [4.78, 5) is 0. The maximum atomic E-state index is 4.25. The second-order valence-corrected chi connectivity index (χ2v) is 5.98. The molecule has 0 atom stereocenters. The third-order valence-corrected chi connectivity index (χ3v) is 4.94. The Morgan fingerprint density at radius 3 is 1.69 bits per heavy atom. The minimum absolute atomic E-state index is 0.606. The molecule has 0 heteroatoms. The predicted octanol–water partition coefficient (Wildman–Crippen LogP) is 3.78. The Hall–Kier alpha value is -0.260. The zero-order valence-electron chi connectivity index (χ0n) is 8.68. The van der Waals surface area contributed by atoms with Crippen LogP contribution in [0.15, 0.2) is 12.2 Å². The molecule has 0 heterocycles. The Bertz CT molecular complexity index is 213. The van der Waals surface area contributed by atoms with E-state index in [1.54, 1.807) is 19.3 Å². The lowest BCUT2D eigenvalue weighted by Crippen LogP contribution is -2.46. The zero-order chi connectivity index (χ0) is 9.05. The highest BCUT2D eigenvalue weighted by Gasteiger charge is 2.50. The van der Waals surface area contributed by atoms with E-state index in [1.165, 1.54) is 24.8 Å². The van der Waals surface area contributed by atoms with Gasteiger partial charge in [-0.3, -0.25) is 0 Å². The Kier molecular flexibility index (Phi) is 1.49. The topological polar surface area (TPSA) is 0 Å². The molecule has 0 N–H and O–H groups in total. The van der Waals surface area contributed by atoms with Gasteiger partial charge in [-0.2, -0.15) is 0 Å². The van der Waals surface area contributed by atoms with Crippen LogP contribution in [0, 0.1) is 23.2 Å². The molecule has 0 spiro atoms. The van der Waals surface area contributed by atoms with Crippen LogP contribution in [-0.2, 0) is 0 Å². The number of allylic oxidation sites excluding steroid dienone is 1. The first-order valence-electron chi connectivity index (χ1n) is 5.84. The summed E-state index contributed by atoms with van der Waals surface area (Å²) in [6.45, 7) is 6.52. The average molecular weight is 176 g/mol. The van der Waals surface area contributed by atoms with Crippen molar-refractivity contribution < 1.29 is 0 Å². The first kappa shape index (κ1) is 8.08. The van der Waals surface area contributed by atoms with Crippen LogP contribution in [0.1, 0.15) is 45.4 Å². The van der Waals surface area contributed by atoms with E-state index in [4.69, 9.17) is 0 Å². The van der Waals surface area contributed by atoms with Crippen molar-refractivity contribution in [2.75, 3.05) is 0 Å². The molecule has 4 saturated carbocycles. The van der Waals surface area contributed by atoms with E-state index in [1.807, 2.05) is 0 Å². The SMILES string of the molecule is C=C(C)C12CC3CC(CC(C3)C1)C2. The standard InChI is InChI=1S/C13H20/c1-9(2)13-6-10-3-11(7-13)5-12(4-10)8-13/h10-12H,1,3-8H2,2H3. The third-order valence-electron chi connectivity index (χ3n) is 4.94. The molecule has 0 aliphatic heterocycles. The van der Waals surface area contributed by atoms with Gasteiger partial charge < -0.3 is 0 Å². The first-order chi connectivity index (χ1) is 6.18. The van der Waals surface area contributed by atoms with Gasteiger partial charge in [0.1, 0.15) is 0 Å². The van der Waals surface area contributed by atoms with Crippen LogP contribution in [-0.4, -0.2) is 0 Å². The van der Waals surface area contributed by atoms with Crippen molar-refractivity contribution in [3.8, 4) is 0 Å². The lowest BCUT2D eigenvalue weighted by molar-refractivity contribution is -0.0301. The van der Waals surface area contributed by atoms with E-state index < -0.39 is 0 Å². The van der Waals surface area contributed by atoms with Crippen molar-refractivity contribution in [3.63, 3.8) is 0 Å². The van der Waals surface area contributed by atoms with Gasteiger partial charge in [0.2, 0.25) is 0 Å². The second kappa shape index (κ2) is 2.40. The fourth-order valence-electron chi connectivity index (χ4n) is 4.63. The molecular formula is C13H20. The molecule has 0 aromatic heterocycles. The van der Waals surface area contributed by atoms with Gasteiger partial charge in [0.25, 0.3) is 0 Å². The molecule has 4 rings (SSSR count). The van der Waals surface area contributed by atoms with Crippen molar-refractivity contribution in [2.45, 2.75) is 45.4 Å². The van der Waals surface area contributed by atoms with Crippen molar-refractivity contribution in [1.29, 1.82) is 0 Å². The third kappa shape index (κ3) is 1.04. The summed E-state index contributed by atoms with van der Waals surface area (Å²) in [5.41, 5.74) is 2.10. The molecule has 4 fully saturated rings. The second-order valence-electron chi connectivity index (χ2n) is 5.98. The highest BCUT2D eigenvalue weighted by atomic mass is 14.6. The minimum Gasteiger partial charge on any atom is -0.0996 e. The number of hydrogen-bond acceptors (Lipinski definition) is 0. The molecule has 0 radical (unpaired) electrons. The lowest BCUT2D eigenvalue weighted by Gasteiger charge is -2.57. The van der Waals surface area contributed by atoms with Gasteiger partial charge in [-0.25, -0.2) is 0 Å². The smallest absolute Gasteiger partial charge is 0.00856 e. The van der Waals surface area contributed by atoms with Gasteiger partial charge in [0, 0.05) is 0 Å². The van der Waals surface area contributed by atoms with Crippen molar-refractivity contribution in [3.05, 3.63) is 12.2 Å². The Morgan fingerprint density at radius 1 is 1.00 bits per heavy atom. The van der Waals surface area contributed by atoms with Crippen LogP contribution >= 0.6 is 0 Å². The normalized spacial score (nSPS) is 52.5. The summed E-state index contributed by atoms with van der Waals surface area (Å²) < 4.78 is 0. The van der Waals surface area contributed by atoms with Gasteiger partial charge in [-0.05, 0) is 68.6 Å². The Labute approximate surface area is 81.4 Å². The van der Waals surface area contributed by atoms with Crippen LogP contribution in [0.2, 0.25) is 0 Å². The fourth-order valence-corrected chi connectivity index (χ4v) is 4.63. The van der Waals surface area contributed by atoms with E-state index in [2.05, 4.69) is 13.5 Å². The summed E-state index contributed by atoms with van der Waals surface area (Å²) in [5, 5.41) is 0. The van der Waals surface area contributed by atoms with Gasteiger partial charge in [0.05, 0.1) is 0 Å². The number of rotatable bonds is 1. The summed E-state index contributed by atoms with van der Waals surface area (Å²) in [6, 6.07) is 0. The molecule has 0 amide bonds. The monoisotopic (exact) mass is 176 g/mol. The van der Waals surface area contributed by atoms with Crippen LogP contribution in [0.25, 0.3) is 0 Å². The highest BCUT2D eigenvalue weighted by molar-refractivity contribution is 5.15. The zero-order valence-corrected chi connectivity index (χ0v) is 8.68. The maximum Gasteiger partial charge on any atom is -0.00856 e. The van der Waals surface area contributed by atoms with Crippen LogP contribution in [0.3, 0.4) is 0 Å². The summed E-state index contributed by atoms with van der Waals surface area (Å²) in [6.07, 6.45) is 9.09. The molecule has 4 aliphatic rings. The molecule has 13 heavy (non-hydrogen) atoms. The van der Waals surface area contributed by atoms with Gasteiger partial charge in [-0.1, -0.05) is 12.2 Å². The average Bonchev–Trinajstić information content (AvgIpc) is 2.00. The van der Waals surface area contributed by atoms with Gasteiger partial charge >= 0.3 is 0 Å². The fraction of sp³-hybridized carbons (Fsp3) is 0.846. The van der Waals surface area contributed by atoms with Crippen LogP contribution < -0.4 is 0 Å².